The Bertz CT molecular complexity index is 934. The molecule has 2 rings (SSSR count). The van der Waals surface area contributed by atoms with Crippen molar-refractivity contribution in [1.29, 1.82) is 0 Å². The van der Waals surface area contributed by atoms with Crippen molar-refractivity contribution in [2.24, 2.45) is 0 Å². The van der Waals surface area contributed by atoms with Crippen LogP contribution in [-0.2, 0) is 16.0 Å². The number of carbonyl (C=O) groups is 3. The molecule has 1 aliphatic rings. The van der Waals surface area contributed by atoms with Crippen LogP contribution >= 0.6 is 0 Å². The van der Waals surface area contributed by atoms with Crippen molar-refractivity contribution in [1.82, 2.24) is 15.5 Å². The Labute approximate surface area is 194 Å². The molecule has 0 spiro atoms. The summed E-state index contributed by atoms with van der Waals surface area (Å²) in [5, 5.41) is 3.92. The van der Waals surface area contributed by atoms with Crippen LogP contribution in [0, 0.1) is 0 Å². The first-order valence-electron chi connectivity index (χ1n) is 10.4. The molecule has 0 fully saturated rings. The van der Waals surface area contributed by atoms with Crippen LogP contribution in [0.4, 0.5) is 22.4 Å². The van der Waals surface area contributed by atoms with Gasteiger partial charge in [-0.25, -0.2) is 22.4 Å². The predicted molar refractivity (Wildman–Crippen MR) is 114 cm³/mol. The molecule has 2 N–H and O–H groups in total. The molecule has 188 valence electrons. The molecule has 1 heterocycles. The number of fused-ring (bicyclic) bond motifs is 1. The van der Waals surface area contributed by atoms with Crippen LogP contribution in [0.15, 0.2) is 30.1 Å². The summed E-state index contributed by atoms with van der Waals surface area (Å²) in [5.74, 6) is -1.19. The number of halogens is 4. The van der Waals surface area contributed by atoms with Crippen molar-refractivity contribution < 1.29 is 41.4 Å². The maximum Gasteiger partial charge on any atom is 0.407 e. The second-order valence-electron chi connectivity index (χ2n) is 8.51. The zero-order chi connectivity index (χ0) is 25.5. The van der Waals surface area contributed by atoms with Crippen molar-refractivity contribution in [2.75, 3.05) is 26.2 Å². The van der Waals surface area contributed by atoms with Gasteiger partial charge >= 0.3 is 6.09 Å². The van der Waals surface area contributed by atoms with Crippen LogP contribution in [0.1, 0.15) is 36.7 Å². The first-order chi connectivity index (χ1) is 15.9. The highest BCUT2D eigenvalue weighted by molar-refractivity contribution is 5.98. The summed E-state index contributed by atoms with van der Waals surface area (Å²) in [4.78, 5) is 37.1. The van der Waals surface area contributed by atoms with Crippen molar-refractivity contribution in [2.45, 2.75) is 45.5 Å². The lowest BCUT2D eigenvalue weighted by Gasteiger charge is -2.28. The van der Waals surface area contributed by atoms with E-state index in [1.165, 1.54) is 17.4 Å². The highest BCUT2D eigenvalue weighted by Gasteiger charge is 2.28. The molecular weight excluding hydrogens is 462 g/mol. The molecule has 3 amide bonds. The molecule has 0 saturated heterocycles. The maximum atomic E-state index is 13.2. The van der Waals surface area contributed by atoms with Crippen LogP contribution in [0.5, 0.6) is 5.75 Å². The topological polar surface area (TPSA) is 97.0 Å². The van der Waals surface area contributed by atoms with Gasteiger partial charge in [0, 0.05) is 24.2 Å². The standard InChI is InChI=1S/C22H27F4N3O5/c1-22(2,3)34-21(32)27-10-13(9-23)12-33-15-4-5-16-14(8-15)6-7-29(20(16)31)11-17(30)28-19(26)18(24)25/h4-5,8-9,18-19H,6-7,10-12H2,1-3H3,(H,27,32)(H,28,30)/b13-9+. The van der Waals surface area contributed by atoms with Gasteiger partial charge in [-0.1, -0.05) is 0 Å². The SMILES string of the molecule is CC(C)(C)OC(=O)NC/C(=C\F)COc1ccc2c(c1)CCN(CC(=O)NC(F)C(F)F)C2=O. The number of amides is 3. The summed E-state index contributed by atoms with van der Waals surface area (Å²) in [6.07, 6.45) is -6.21. The molecule has 1 aromatic rings. The van der Waals surface area contributed by atoms with Gasteiger partial charge in [-0.05, 0) is 51.0 Å². The summed E-state index contributed by atoms with van der Waals surface area (Å²) in [7, 11) is 0. The molecule has 8 nitrogen and oxygen atoms in total. The van der Waals surface area contributed by atoms with E-state index in [1.807, 2.05) is 0 Å². The van der Waals surface area contributed by atoms with Gasteiger partial charge in [-0.3, -0.25) is 9.59 Å². The molecule has 1 aliphatic heterocycles. The van der Waals surface area contributed by atoms with Gasteiger partial charge in [0.25, 0.3) is 12.3 Å². The molecule has 0 radical (unpaired) electrons. The van der Waals surface area contributed by atoms with E-state index in [0.29, 0.717) is 24.1 Å². The Morgan fingerprint density at radius 2 is 1.94 bits per heavy atom. The summed E-state index contributed by atoms with van der Waals surface area (Å²) in [5.41, 5.74) is 0.353. The quantitative estimate of drug-likeness (QED) is 0.411. The normalized spacial score (nSPS) is 15.0. The molecule has 34 heavy (non-hydrogen) atoms. The molecule has 1 unspecified atom stereocenters. The van der Waals surface area contributed by atoms with Gasteiger partial charge in [0.15, 0.2) is 0 Å². The zero-order valence-corrected chi connectivity index (χ0v) is 19.0. The third kappa shape index (κ3) is 8.23. The third-order valence-corrected chi connectivity index (χ3v) is 4.54. The lowest BCUT2D eigenvalue weighted by molar-refractivity contribution is -0.125. The summed E-state index contributed by atoms with van der Waals surface area (Å²) in [6, 6.07) is 4.54. The minimum absolute atomic E-state index is 0.115. The molecule has 0 bridgehead atoms. The number of rotatable bonds is 9. The largest absolute Gasteiger partial charge is 0.489 e. The smallest absolute Gasteiger partial charge is 0.407 e. The Hall–Kier alpha value is -3.31. The van der Waals surface area contributed by atoms with E-state index in [-0.39, 0.29) is 30.8 Å². The van der Waals surface area contributed by atoms with Crippen molar-refractivity contribution in [3.63, 3.8) is 0 Å². The monoisotopic (exact) mass is 489 g/mol. The number of hydrogen-bond acceptors (Lipinski definition) is 5. The minimum Gasteiger partial charge on any atom is -0.489 e. The number of nitrogens with zero attached hydrogens (tertiary/aromatic N) is 1. The van der Waals surface area contributed by atoms with Crippen LogP contribution in [0.25, 0.3) is 0 Å². The first-order valence-corrected chi connectivity index (χ1v) is 10.4. The number of hydrogen-bond donors (Lipinski definition) is 2. The second kappa shape index (κ2) is 11.7. The zero-order valence-electron chi connectivity index (χ0n) is 19.0. The van der Waals surface area contributed by atoms with Crippen molar-refractivity contribution in [3.05, 3.63) is 41.2 Å². The Morgan fingerprint density at radius 1 is 1.24 bits per heavy atom. The Kier molecular flexibility index (Phi) is 9.28. The summed E-state index contributed by atoms with van der Waals surface area (Å²) >= 11 is 0. The average Bonchev–Trinajstić information content (AvgIpc) is 2.74. The van der Waals surface area contributed by atoms with Crippen molar-refractivity contribution in [3.8, 4) is 5.75 Å². The number of alkyl halides is 3. The van der Waals surface area contributed by atoms with E-state index < -0.39 is 42.8 Å². The minimum atomic E-state index is -3.36. The van der Waals surface area contributed by atoms with Gasteiger partial charge in [0.2, 0.25) is 12.2 Å². The molecule has 0 saturated carbocycles. The number of benzene rings is 1. The molecule has 1 atom stereocenters. The molecule has 1 aromatic carbocycles. The predicted octanol–water partition coefficient (Wildman–Crippen LogP) is 3.12. The van der Waals surface area contributed by atoms with Crippen LogP contribution < -0.4 is 15.4 Å². The lowest BCUT2D eigenvalue weighted by Crippen LogP contribution is -2.47. The van der Waals surface area contributed by atoms with E-state index in [2.05, 4.69) is 5.32 Å². The number of alkyl carbamates (subject to hydrolysis) is 1. The molecule has 12 heteroatoms. The van der Waals surface area contributed by atoms with E-state index in [0.717, 1.165) is 4.90 Å². The fourth-order valence-electron chi connectivity index (χ4n) is 2.99. The van der Waals surface area contributed by atoms with E-state index >= 15 is 0 Å². The fourth-order valence-corrected chi connectivity index (χ4v) is 2.99. The van der Waals surface area contributed by atoms with Crippen LogP contribution in [0.3, 0.4) is 0 Å². The van der Waals surface area contributed by atoms with Crippen LogP contribution in [-0.4, -0.2) is 67.4 Å². The van der Waals surface area contributed by atoms with Gasteiger partial charge < -0.3 is 25.0 Å². The van der Waals surface area contributed by atoms with Gasteiger partial charge in [0.05, 0.1) is 12.9 Å². The van der Waals surface area contributed by atoms with E-state index in [9.17, 15) is 31.9 Å². The highest BCUT2D eigenvalue weighted by atomic mass is 19.3. The highest BCUT2D eigenvalue weighted by Crippen LogP contribution is 2.24. The third-order valence-electron chi connectivity index (χ3n) is 4.54. The first kappa shape index (κ1) is 26.9. The summed E-state index contributed by atoms with van der Waals surface area (Å²) < 4.78 is 61.2. The molecule has 0 aromatic heterocycles. The van der Waals surface area contributed by atoms with Gasteiger partial charge in [-0.15, -0.1) is 0 Å². The molecular formula is C22H27F4N3O5. The number of ether oxygens (including phenoxy) is 2. The van der Waals surface area contributed by atoms with Gasteiger partial charge in [-0.2, -0.15) is 0 Å². The summed E-state index contributed by atoms with van der Waals surface area (Å²) in [6.45, 7) is 4.36. The van der Waals surface area contributed by atoms with Crippen LogP contribution in [0.2, 0.25) is 0 Å². The van der Waals surface area contributed by atoms with Gasteiger partial charge in [0.1, 0.15) is 18.0 Å². The lowest BCUT2D eigenvalue weighted by atomic mass is 9.98. The average molecular weight is 489 g/mol. The fraction of sp³-hybridized carbons (Fsp3) is 0.500. The Balaban J connectivity index is 1.91. The second-order valence-corrected chi connectivity index (χ2v) is 8.51. The Morgan fingerprint density at radius 3 is 2.56 bits per heavy atom. The number of carbonyl (C=O) groups excluding carboxylic acids is 3. The van der Waals surface area contributed by atoms with E-state index in [1.54, 1.807) is 26.8 Å². The van der Waals surface area contributed by atoms with Crippen molar-refractivity contribution >= 4 is 17.9 Å². The van der Waals surface area contributed by atoms with E-state index in [4.69, 9.17) is 9.47 Å². The maximum absolute atomic E-state index is 13.2. The molecule has 0 aliphatic carbocycles. The number of nitrogens with one attached hydrogen (secondary N) is 2.